The van der Waals surface area contributed by atoms with E-state index in [0.717, 1.165) is 11.8 Å². The third kappa shape index (κ3) is 2.85. The summed E-state index contributed by atoms with van der Waals surface area (Å²) in [4.78, 5) is 18.4. The van der Waals surface area contributed by atoms with E-state index in [1.165, 1.54) is 12.1 Å². The Bertz CT molecular complexity index is 540. The molecule has 6 heteroatoms. The van der Waals surface area contributed by atoms with Crippen molar-refractivity contribution in [1.82, 2.24) is 15.3 Å². The number of carbonyl (C=O) groups is 1. The van der Waals surface area contributed by atoms with Crippen LogP contribution >= 0.6 is 0 Å². The van der Waals surface area contributed by atoms with Gasteiger partial charge >= 0.3 is 0 Å². The minimum Gasteiger partial charge on any atom is -0.508 e. The number of amides is 1. The fourth-order valence-corrected chi connectivity index (χ4v) is 1.52. The number of aromatic nitrogens is 2. The van der Waals surface area contributed by atoms with Gasteiger partial charge < -0.3 is 15.4 Å². The van der Waals surface area contributed by atoms with Crippen LogP contribution in [-0.2, 0) is 6.42 Å². The summed E-state index contributed by atoms with van der Waals surface area (Å²) < 4.78 is 13.4. The van der Waals surface area contributed by atoms with Crippen LogP contribution in [-0.4, -0.2) is 27.5 Å². The lowest BCUT2D eigenvalue weighted by molar-refractivity contribution is 0.0950. The number of rotatable bonds is 4. The van der Waals surface area contributed by atoms with E-state index in [1.807, 2.05) is 0 Å². The number of hydrogen-bond acceptors (Lipinski definition) is 3. The van der Waals surface area contributed by atoms with Crippen LogP contribution in [0.4, 0.5) is 4.39 Å². The zero-order valence-corrected chi connectivity index (χ0v) is 9.48. The number of aromatic amines is 1. The number of carbonyl (C=O) groups excluding carboxylic acids is 1. The molecule has 1 amide bonds. The Morgan fingerprint density at radius 1 is 1.50 bits per heavy atom. The summed E-state index contributed by atoms with van der Waals surface area (Å²) >= 11 is 0. The van der Waals surface area contributed by atoms with Crippen molar-refractivity contribution in [2.45, 2.75) is 6.42 Å². The van der Waals surface area contributed by atoms with Crippen LogP contribution in [0.2, 0.25) is 0 Å². The number of aromatic hydroxyl groups is 1. The fourth-order valence-electron chi connectivity index (χ4n) is 1.52. The van der Waals surface area contributed by atoms with Gasteiger partial charge in [-0.3, -0.25) is 4.79 Å². The van der Waals surface area contributed by atoms with Gasteiger partial charge in [-0.2, -0.15) is 0 Å². The van der Waals surface area contributed by atoms with E-state index in [0.29, 0.717) is 13.0 Å². The quantitative estimate of drug-likeness (QED) is 0.762. The molecule has 0 atom stereocenters. The maximum atomic E-state index is 13.4. The van der Waals surface area contributed by atoms with Crippen LogP contribution < -0.4 is 5.32 Å². The van der Waals surface area contributed by atoms with Crippen LogP contribution in [0.3, 0.4) is 0 Å². The van der Waals surface area contributed by atoms with E-state index < -0.39 is 11.7 Å². The van der Waals surface area contributed by atoms with Crippen LogP contribution in [0.15, 0.2) is 30.7 Å². The highest BCUT2D eigenvalue weighted by molar-refractivity contribution is 5.94. The van der Waals surface area contributed by atoms with E-state index >= 15 is 0 Å². The second-order valence-corrected chi connectivity index (χ2v) is 3.75. The predicted octanol–water partition coefficient (Wildman–Crippen LogP) is 1.23. The van der Waals surface area contributed by atoms with Crippen molar-refractivity contribution in [3.63, 3.8) is 0 Å². The second kappa shape index (κ2) is 5.31. The van der Waals surface area contributed by atoms with Crippen LogP contribution in [0, 0.1) is 5.82 Å². The summed E-state index contributed by atoms with van der Waals surface area (Å²) in [5.74, 6) is -1.46. The molecule has 0 saturated carbocycles. The van der Waals surface area contributed by atoms with Gasteiger partial charge in [-0.1, -0.05) is 0 Å². The largest absolute Gasteiger partial charge is 0.508 e. The molecule has 1 aromatic carbocycles. The maximum absolute atomic E-state index is 13.4. The van der Waals surface area contributed by atoms with E-state index in [1.54, 1.807) is 12.5 Å². The van der Waals surface area contributed by atoms with E-state index in [4.69, 9.17) is 5.11 Å². The first-order valence-electron chi connectivity index (χ1n) is 5.41. The first kappa shape index (κ1) is 12.1. The highest BCUT2D eigenvalue weighted by Gasteiger charge is 2.11. The molecule has 0 bridgehead atoms. The monoisotopic (exact) mass is 249 g/mol. The Morgan fingerprint density at radius 3 is 3.00 bits per heavy atom. The zero-order valence-electron chi connectivity index (χ0n) is 9.48. The molecule has 0 aliphatic rings. The van der Waals surface area contributed by atoms with Gasteiger partial charge in [-0.05, 0) is 12.1 Å². The third-order valence-electron chi connectivity index (χ3n) is 2.43. The molecule has 18 heavy (non-hydrogen) atoms. The van der Waals surface area contributed by atoms with Gasteiger partial charge in [0, 0.05) is 30.9 Å². The number of H-pyrrole nitrogens is 1. The van der Waals surface area contributed by atoms with Gasteiger partial charge in [0.15, 0.2) is 0 Å². The molecule has 2 aromatic rings. The molecule has 3 N–H and O–H groups in total. The number of halogens is 1. The summed E-state index contributed by atoms with van der Waals surface area (Å²) in [5.41, 5.74) is 0.805. The summed E-state index contributed by atoms with van der Waals surface area (Å²) in [6.07, 6.45) is 3.80. The van der Waals surface area contributed by atoms with Crippen molar-refractivity contribution in [3.05, 3.63) is 47.8 Å². The number of hydrogen-bond donors (Lipinski definition) is 3. The normalized spacial score (nSPS) is 10.3. The van der Waals surface area contributed by atoms with Crippen molar-refractivity contribution in [3.8, 4) is 5.75 Å². The zero-order chi connectivity index (χ0) is 13.0. The Balaban J connectivity index is 1.91. The Morgan fingerprint density at radius 2 is 2.33 bits per heavy atom. The first-order valence-corrected chi connectivity index (χ1v) is 5.41. The van der Waals surface area contributed by atoms with Crippen molar-refractivity contribution in [1.29, 1.82) is 0 Å². The predicted molar refractivity (Wildman–Crippen MR) is 62.7 cm³/mol. The fraction of sp³-hybridized carbons (Fsp3) is 0.167. The highest BCUT2D eigenvalue weighted by atomic mass is 19.1. The standard InChI is InChI=1S/C12H12FN3O2/c13-11-5-9(17)1-2-10(11)12(18)15-4-3-8-6-14-7-16-8/h1-2,5-7,17H,3-4H2,(H,14,16)(H,15,18). The second-order valence-electron chi connectivity index (χ2n) is 3.75. The number of phenolic OH excluding ortho intramolecular Hbond substituents is 1. The molecule has 0 aliphatic carbocycles. The van der Waals surface area contributed by atoms with Crippen molar-refractivity contribution in [2.75, 3.05) is 6.54 Å². The number of nitrogens with one attached hydrogen (secondary N) is 2. The molecule has 0 saturated heterocycles. The van der Waals surface area contributed by atoms with Crippen molar-refractivity contribution in [2.24, 2.45) is 0 Å². The minimum atomic E-state index is -0.742. The number of imidazole rings is 1. The summed E-state index contributed by atoms with van der Waals surface area (Å²) in [6, 6.07) is 3.42. The molecule has 0 aliphatic heterocycles. The van der Waals surface area contributed by atoms with Crippen LogP contribution in [0.1, 0.15) is 16.1 Å². The van der Waals surface area contributed by atoms with Gasteiger partial charge in [0.25, 0.3) is 5.91 Å². The van der Waals surface area contributed by atoms with Gasteiger partial charge in [0.1, 0.15) is 11.6 Å². The summed E-state index contributed by atoms with van der Waals surface area (Å²) in [5, 5.41) is 11.6. The van der Waals surface area contributed by atoms with Crippen molar-refractivity contribution >= 4 is 5.91 Å². The molecular weight excluding hydrogens is 237 g/mol. The van der Waals surface area contributed by atoms with E-state index in [9.17, 15) is 9.18 Å². The molecule has 0 unspecified atom stereocenters. The average Bonchev–Trinajstić information content (AvgIpc) is 2.81. The number of benzene rings is 1. The minimum absolute atomic E-state index is 0.0857. The van der Waals surface area contributed by atoms with Crippen LogP contribution in [0.5, 0.6) is 5.75 Å². The lowest BCUT2D eigenvalue weighted by Crippen LogP contribution is -2.26. The lowest BCUT2D eigenvalue weighted by atomic mass is 10.2. The molecule has 0 spiro atoms. The molecule has 1 heterocycles. The lowest BCUT2D eigenvalue weighted by Gasteiger charge is -2.05. The molecule has 1 aromatic heterocycles. The number of phenols is 1. The SMILES string of the molecule is O=C(NCCc1cnc[nH]1)c1ccc(O)cc1F. The smallest absolute Gasteiger partial charge is 0.254 e. The summed E-state index contributed by atoms with van der Waals surface area (Å²) in [7, 11) is 0. The molecule has 0 radical (unpaired) electrons. The van der Waals surface area contributed by atoms with Gasteiger partial charge in [0.2, 0.25) is 0 Å². The average molecular weight is 249 g/mol. The van der Waals surface area contributed by atoms with Crippen LogP contribution in [0.25, 0.3) is 0 Å². The molecule has 94 valence electrons. The third-order valence-corrected chi connectivity index (χ3v) is 2.43. The summed E-state index contributed by atoms with van der Waals surface area (Å²) in [6.45, 7) is 0.376. The van der Waals surface area contributed by atoms with Gasteiger partial charge in [-0.15, -0.1) is 0 Å². The maximum Gasteiger partial charge on any atom is 0.254 e. The molecule has 5 nitrogen and oxygen atoms in total. The van der Waals surface area contributed by atoms with Gasteiger partial charge in [-0.25, -0.2) is 9.37 Å². The highest BCUT2D eigenvalue weighted by Crippen LogP contribution is 2.14. The Labute approximate surface area is 103 Å². The molecular formula is C12H12FN3O2. The van der Waals surface area contributed by atoms with E-state index in [2.05, 4.69) is 15.3 Å². The Hall–Kier alpha value is -2.37. The van der Waals surface area contributed by atoms with E-state index in [-0.39, 0.29) is 11.3 Å². The van der Waals surface area contributed by atoms with Crippen molar-refractivity contribution < 1.29 is 14.3 Å². The number of nitrogens with zero attached hydrogens (tertiary/aromatic N) is 1. The molecule has 0 fully saturated rings. The Kier molecular flexibility index (Phi) is 3.57. The van der Waals surface area contributed by atoms with Gasteiger partial charge in [0.05, 0.1) is 11.9 Å². The topological polar surface area (TPSA) is 78.0 Å². The molecule has 2 rings (SSSR count). The first-order chi connectivity index (χ1) is 8.66.